The first-order valence-electron chi connectivity index (χ1n) is 24.5. The second-order valence-electron chi connectivity index (χ2n) is 17.6. The van der Waals surface area contributed by atoms with Crippen molar-refractivity contribution in [1.29, 1.82) is 5.41 Å². The van der Waals surface area contributed by atoms with Crippen molar-refractivity contribution in [1.82, 2.24) is 42.1 Å². The number of nitrogens with one attached hydrogen (secondary N) is 8. The predicted octanol–water partition coefficient (Wildman–Crippen LogP) is -4.86. The third kappa shape index (κ3) is 22.9. The Hall–Kier alpha value is -7.05. The van der Waals surface area contributed by atoms with Crippen molar-refractivity contribution in [2.45, 2.75) is 126 Å². The molecule has 1 aliphatic heterocycles. The van der Waals surface area contributed by atoms with Crippen molar-refractivity contribution in [2.75, 3.05) is 45.8 Å². The van der Waals surface area contributed by atoms with Crippen LogP contribution >= 0.6 is 0 Å². The van der Waals surface area contributed by atoms with Crippen LogP contribution in [0, 0.1) is 17.0 Å². The normalized spacial score (nSPS) is 16.0. The zero-order valence-electron chi connectivity index (χ0n) is 42.0. The molecule has 0 aliphatic carbocycles. The highest BCUT2D eigenvalue weighted by Gasteiger charge is 2.38. The number of hydrogen-bond acceptors (Lipinski definition) is 16. The van der Waals surface area contributed by atoms with Gasteiger partial charge in [0.05, 0.1) is 18.7 Å². The van der Waals surface area contributed by atoms with E-state index in [-0.39, 0.29) is 94.8 Å². The van der Waals surface area contributed by atoms with Gasteiger partial charge in [0.2, 0.25) is 35.4 Å². The molecule has 1 aromatic carbocycles. The van der Waals surface area contributed by atoms with Gasteiger partial charge in [-0.25, -0.2) is 18.6 Å². The van der Waals surface area contributed by atoms with E-state index in [1.165, 1.54) is 6.92 Å². The third-order valence-electron chi connectivity index (χ3n) is 11.5. The molecule has 1 fully saturated rings. The van der Waals surface area contributed by atoms with E-state index in [2.05, 4.69) is 42.2 Å². The fourth-order valence-corrected chi connectivity index (χ4v) is 7.49. The van der Waals surface area contributed by atoms with Crippen molar-refractivity contribution >= 4 is 64.9 Å². The van der Waals surface area contributed by atoms with E-state index in [0.29, 0.717) is 31.9 Å². The first-order chi connectivity index (χ1) is 35.6. The fourth-order valence-electron chi connectivity index (χ4n) is 7.49. The molecule has 29 heteroatoms. The van der Waals surface area contributed by atoms with Crippen LogP contribution in [0.4, 0.5) is 8.78 Å². The monoisotopic (exact) mass is 1060 g/mol. The lowest BCUT2D eigenvalue weighted by Gasteiger charge is -2.28. The molecule has 1 aliphatic rings. The van der Waals surface area contributed by atoms with E-state index in [0.717, 1.165) is 23.1 Å². The molecule has 0 saturated carbocycles. The molecule has 0 unspecified atom stereocenters. The van der Waals surface area contributed by atoms with E-state index in [9.17, 15) is 62.1 Å². The summed E-state index contributed by atoms with van der Waals surface area (Å²) in [7, 11) is 0. The molecule has 0 radical (unpaired) electrons. The van der Waals surface area contributed by atoms with Gasteiger partial charge >= 0.3 is 5.97 Å². The molecule has 27 nitrogen and oxygen atoms in total. The molecule has 0 bridgehead atoms. The molecule has 1 heterocycles. The minimum absolute atomic E-state index is 0.0182. The predicted molar refractivity (Wildman–Crippen MR) is 269 cm³/mol. The number of aliphatic carboxylic acids is 1. The Kier molecular flexibility index (Phi) is 28.8. The Morgan fingerprint density at radius 1 is 0.813 bits per heavy atom. The Morgan fingerprint density at radius 2 is 1.45 bits per heavy atom. The molecule has 8 amide bonds. The maximum absolute atomic E-state index is 14.4. The number of nitrogens with zero attached hydrogens (tertiary/aromatic N) is 2. The number of likely N-dealkylation sites (tertiary alicyclic amines) is 1. The van der Waals surface area contributed by atoms with E-state index >= 15 is 0 Å². The molecule has 1 aromatic rings. The fraction of sp³-hybridized carbons (Fsp3) is 0.587. The minimum Gasteiger partial charge on any atom is -0.477 e. The summed E-state index contributed by atoms with van der Waals surface area (Å²) >= 11 is 0. The van der Waals surface area contributed by atoms with E-state index in [1.54, 1.807) is 0 Å². The lowest BCUT2D eigenvalue weighted by Crippen LogP contribution is -2.60. The quantitative estimate of drug-likeness (QED) is 0.0136. The summed E-state index contributed by atoms with van der Waals surface area (Å²) in [5.74, 6) is -11.3. The number of carbonyl (C=O) groups is 9. The number of nitrogens with two attached hydrogens (primary N) is 6. The number of hydrogen-bond donors (Lipinski definition) is 16. The molecule has 75 heavy (non-hydrogen) atoms. The number of guanidine groups is 1. The van der Waals surface area contributed by atoms with Crippen molar-refractivity contribution in [3.8, 4) is 0 Å². The lowest BCUT2D eigenvalue weighted by molar-refractivity contribution is -0.137. The maximum atomic E-state index is 14.4. The van der Waals surface area contributed by atoms with Gasteiger partial charge in [-0.1, -0.05) is 12.5 Å². The van der Waals surface area contributed by atoms with E-state index in [4.69, 9.17) is 39.8 Å². The zero-order chi connectivity index (χ0) is 56.2. The van der Waals surface area contributed by atoms with Crippen LogP contribution in [0.3, 0.4) is 0 Å². The summed E-state index contributed by atoms with van der Waals surface area (Å²) < 4.78 is 28.8. The molecule has 2 rings (SSSR count). The van der Waals surface area contributed by atoms with Crippen molar-refractivity contribution in [2.24, 2.45) is 39.4 Å². The minimum atomic E-state index is -1.65. The largest absolute Gasteiger partial charge is 0.477 e. The summed E-state index contributed by atoms with van der Waals surface area (Å²) in [6.07, 6.45) is 1.35. The number of benzene rings is 1. The molecular formula is C46H74F2N16O11. The first-order valence-corrected chi connectivity index (χ1v) is 24.5. The standard InChI is InChI=1S/C46H74F2N16O11/c1-25(58-43(72)37(35(65)23-52)63-39(68)29(53)9-2-4-14-49)38(67)57-24-36(66)59-31(11-6-16-51)44(73)64-18-8-13-34(64)42(71)62-33(21-26-19-27(47)22-28(48)20-26)41(70)60-30(10-3-5-15-50)40(69)61-32(45(74)75)12-7-17-56-46(54)55/h12,19-20,22,25,29-30,33-35,37,65H,2-11,13-18,21,23-24,49-53H2,1H3,(H,57,67)(H,58,72)(H,60,70)(H,61,69)(H,62,71)(H,63,68)(H,74,75)(H4,54,55,56)/b32-12-,59-31+/t25-,29-,30-,33-,34-,35-,37-/m0/s1. The number of amides is 8. The highest BCUT2D eigenvalue weighted by Crippen LogP contribution is 2.20. The average Bonchev–Trinajstić information content (AvgIpc) is 3.86. The van der Waals surface area contributed by atoms with Crippen molar-refractivity contribution < 1.29 is 62.1 Å². The Morgan fingerprint density at radius 3 is 2.05 bits per heavy atom. The van der Waals surface area contributed by atoms with Crippen molar-refractivity contribution in [3.05, 3.63) is 47.2 Å². The van der Waals surface area contributed by atoms with Crippen LogP contribution in [-0.4, -0.2) is 168 Å². The molecular weight excluding hydrogens is 991 g/mol. The second-order valence-corrected chi connectivity index (χ2v) is 17.6. The van der Waals surface area contributed by atoms with Crippen LogP contribution in [0.25, 0.3) is 0 Å². The highest BCUT2D eigenvalue weighted by molar-refractivity contribution is 6.40. The number of carbonyl (C=O) groups excluding carboxylic acids is 8. The van der Waals surface area contributed by atoms with Gasteiger partial charge in [0.1, 0.15) is 53.3 Å². The van der Waals surface area contributed by atoms with Gasteiger partial charge < -0.3 is 86.7 Å². The number of carboxylic acids is 1. The number of halogens is 2. The van der Waals surface area contributed by atoms with Gasteiger partial charge in [-0.2, -0.15) is 0 Å². The first kappa shape index (κ1) is 64.1. The number of carboxylic acid groups (broad SMARTS) is 1. The number of unbranched alkanes of at least 4 members (excludes halogenated alkanes) is 2. The van der Waals surface area contributed by atoms with Crippen LogP contribution in [0.1, 0.15) is 83.1 Å². The Balaban J connectivity index is 2.33. The maximum Gasteiger partial charge on any atom is 0.352 e. The summed E-state index contributed by atoms with van der Waals surface area (Å²) in [5, 5.41) is 44.1. The van der Waals surface area contributed by atoms with Gasteiger partial charge in [-0.15, -0.1) is 0 Å². The second kappa shape index (κ2) is 33.7. The highest BCUT2D eigenvalue weighted by atomic mass is 19.1. The molecule has 418 valence electrons. The number of rotatable bonds is 33. The summed E-state index contributed by atoms with van der Waals surface area (Å²) in [6.45, 7) is 0.694. The van der Waals surface area contributed by atoms with Crippen molar-refractivity contribution in [3.63, 3.8) is 0 Å². The Bertz CT molecular complexity index is 2200. The zero-order valence-corrected chi connectivity index (χ0v) is 42.0. The topological polar surface area (TPSA) is 474 Å². The number of aliphatic hydroxyl groups is 1. The summed E-state index contributed by atoms with van der Waals surface area (Å²) in [4.78, 5) is 125. The Labute approximate surface area is 432 Å². The average molecular weight is 1070 g/mol. The smallest absolute Gasteiger partial charge is 0.352 e. The van der Waals surface area contributed by atoms with Crippen LogP contribution < -0.4 is 71.6 Å². The van der Waals surface area contributed by atoms with Crippen LogP contribution in [0.15, 0.2) is 35.0 Å². The molecule has 22 N–H and O–H groups in total. The molecule has 0 spiro atoms. The SMILES string of the molecule is C[C@H](NC(=O)[C@@H](NC(=O)[C@@H](N)CCCCN)[C@@H](O)CN)C(=O)NCC(=O)/N=C(\CCCN)C(=O)N1CCC[C@H]1C(=O)N[C@@H](Cc1cc(F)cc(F)c1)C(=O)N[C@@H](CCCCN)C(=O)N/C(=C\CCNC(=N)N)C(=O)O. The van der Waals surface area contributed by atoms with Gasteiger partial charge in [-0.3, -0.25) is 43.8 Å². The summed E-state index contributed by atoms with van der Waals surface area (Å²) in [5.41, 5.74) is 32.6. The number of aliphatic imine (C=N–C) groups is 1. The third-order valence-corrected chi connectivity index (χ3v) is 11.5. The van der Waals surface area contributed by atoms with Crippen LogP contribution in [0.5, 0.6) is 0 Å². The lowest BCUT2D eigenvalue weighted by atomic mass is 10.0. The van der Waals surface area contributed by atoms with Gasteiger partial charge in [-0.05, 0) is 108 Å². The van der Waals surface area contributed by atoms with E-state index < -0.39 is 132 Å². The molecule has 7 atom stereocenters. The van der Waals surface area contributed by atoms with Gasteiger partial charge in [0.25, 0.3) is 11.8 Å². The number of aliphatic hydroxyl groups excluding tert-OH is 1. The van der Waals surface area contributed by atoms with E-state index in [1.807, 2.05) is 0 Å². The van der Waals surface area contributed by atoms with Gasteiger partial charge in [0.15, 0.2) is 5.96 Å². The summed E-state index contributed by atoms with van der Waals surface area (Å²) in [6, 6.07) is -5.91. The van der Waals surface area contributed by atoms with Gasteiger partial charge in [0, 0.05) is 32.1 Å². The van der Waals surface area contributed by atoms with Crippen LogP contribution in [0.2, 0.25) is 0 Å². The molecule has 1 saturated heterocycles. The molecule has 0 aromatic heterocycles. The van der Waals surface area contributed by atoms with Crippen LogP contribution in [-0.2, 0) is 49.6 Å².